The summed E-state index contributed by atoms with van der Waals surface area (Å²) in [5.74, 6) is -2.49. The van der Waals surface area contributed by atoms with Gasteiger partial charge in [0.1, 0.15) is 0 Å². The average Bonchev–Trinajstić information content (AvgIpc) is 1.88. The predicted molar refractivity (Wildman–Crippen MR) is 35.3 cm³/mol. The first kappa shape index (κ1) is 7.98. The quantitative estimate of drug-likeness (QED) is 0.546. The summed E-state index contributed by atoms with van der Waals surface area (Å²) < 4.78 is 35.0. The molecule has 0 saturated heterocycles. The Morgan fingerprint density at radius 2 is 1.80 bits per heavy atom. The van der Waals surface area contributed by atoms with Gasteiger partial charge in [0.05, 0.1) is 0 Å². The topological polar surface area (TPSA) is 17.1 Å². The molecule has 0 aromatic heterocycles. The molecule has 4 heteroatoms. The van der Waals surface area contributed by atoms with Gasteiger partial charge < -0.3 is 0 Å². The van der Waals surface area contributed by atoms with Crippen molar-refractivity contribution in [2.24, 2.45) is 0 Å². The summed E-state index contributed by atoms with van der Waals surface area (Å²) in [6, 6.07) is 0. The molecule has 0 amide bonds. The van der Waals surface area contributed by atoms with Crippen molar-refractivity contribution in [1.29, 1.82) is 0 Å². The van der Waals surface area contributed by atoms with Crippen LogP contribution in [0.25, 0.3) is 0 Å². The maximum Gasteiger partial charge on any atom is 0.462 e. The van der Waals surface area contributed by atoms with Gasteiger partial charge in [0.15, 0.2) is 0 Å². The molecule has 1 fully saturated rings. The largest absolute Gasteiger partial charge is 0.462 e. The van der Waals surface area contributed by atoms with E-state index in [9.17, 15) is 13.0 Å². The Hall–Kier alpha value is -0.120. The van der Waals surface area contributed by atoms with Crippen LogP contribution in [0.4, 0.5) is 8.78 Å². The van der Waals surface area contributed by atoms with Crippen LogP contribution in [0.3, 0.4) is 0 Å². The molecule has 0 spiro atoms. The molecule has 0 aliphatic heterocycles. The Morgan fingerprint density at radius 3 is 2.20 bits per heavy atom. The van der Waals surface area contributed by atoms with E-state index >= 15 is 0 Å². The summed E-state index contributed by atoms with van der Waals surface area (Å²) in [4.78, 5) is 0. The summed E-state index contributed by atoms with van der Waals surface area (Å²) in [5.41, 5.74) is 0. The molecular formula is C6H9F2OS+. The number of halogens is 2. The van der Waals surface area contributed by atoms with Gasteiger partial charge in [0.2, 0.25) is 11.2 Å². The van der Waals surface area contributed by atoms with Gasteiger partial charge in [0.25, 0.3) is 0 Å². The van der Waals surface area contributed by atoms with E-state index in [1.54, 1.807) is 0 Å². The Bertz CT molecular complexity index is 128. The molecule has 58 valence electrons. The number of rotatable bonds is 1. The van der Waals surface area contributed by atoms with Crippen LogP contribution < -0.4 is 0 Å². The summed E-state index contributed by atoms with van der Waals surface area (Å²) in [6.07, 6.45) is 0.544. The number of hydrogen-bond acceptors (Lipinski definition) is 1. The SMILES string of the molecule is O=[S+]C1CCC(F)(F)CC1. The fraction of sp³-hybridized carbons (Fsp3) is 1.00. The van der Waals surface area contributed by atoms with Crippen molar-refractivity contribution in [2.75, 3.05) is 0 Å². The molecule has 1 rings (SSSR count). The van der Waals surface area contributed by atoms with Crippen molar-refractivity contribution in [2.45, 2.75) is 36.9 Å². The van der Waals surface area contributed by atoms with Gasteiger partial charge in [-0.3, -0.25) is 0 Å². The highest BCUT2D eigenvalue weighted by atomic mass is 32.1. The van der Waals surface area contributed by atoms with E-state index in [4.69, 9.17) is 0 Å². The monoisotopic (exact) mass is 167 g/mol. The summed E-state index contributed by atoms with van der Waals surface area (Å²) >= 11 is 0.463. The molecule has 0 aromatic carbocycles. The van der Waals surface area contributed by atoms with Crippen molar-refractivity contribution >= 4 is 11.7 Å². The molecule has 1 saturated carbocycles. The number of hydrogen-bond donors (Lipinski definition) is 0. The van der Waals surface area contributed by atoms with Crippen LogP contribution in [0.1, 0.15) is 25.7 Å². The van der Waals surface area contributed by atoms with Crippen molar-refractivity contribution in [3.8, 4) is 0 Å². The van der Waals surface area contributed by atoms with E-state index in [2.05, 4.69) is 0 Å². The molecule has 0 bridgehead atoms. The lowest BCUT2D eigenvalue weighted by Crippen LogP contribution is -2.26. The Morgan fingerprint density at radius 1 is 1.30 bits per heavy atom. The molecule has 0 unspecified atom stereocenters. The van der Waals surface area contributed by atoms with Crippen LogP contribution in [-0.2, 0) is 15.9 Å². The zero-order chi connectivity index (χ0) is 7.61. The molecule has 1 aliphatic carbocycles. The third kappa shape index (κ3) is 1.94. The maximum atomic E-state index is 12.4. The molecule has 10 heavy (non-hydrogen) atoms. The van der Waals surface area contributed by atoms with Gasteiger partial charge in [-0.25, -0.2) is 8.78 Å². The van der Waals surface area contributed by atoms with Crippen molar-refractivity contribution in [3.63, 3.8) is 0 Å². The molecular weight excluding hydrogens is 158 g/mol. The lowest BCUT2D eigenvalue weighted by atomic mass is 9.96. The lowest BCUT2D eigenvalue weighted by Gasteiger charge is -2.19. The van der Waals surface area contributed by atoms with Crippen LogP contribution in [0, 0.1) is 0 Å². The summed E-state index contributed by atoms with van der Waals surface area (Å²) in [6.45, 7) is 0. The van der Waals surface area contributed by atoms with E-state index in [1.165, 1.54) is 0 Å². The predicted octanol–water partition coefficient (Wildman–Crippen LogP) is 1.99. The van der Waals surface area contributed by atoms with Gasteiger partial charge in [-0.1, -0.05) is 0 Å². The summed E-state index contributed by atoms with van der Waals surface area (Å²) in [7, 11) is 0. The smallest absolute Gasteiger partial charge is 0.207 e. The van der Waals surface area contributed by atoms with E-state index in [0.717, 1.165) is 0 Å². The van der Waals surface area contributed by atoms with Gasteiger partial charge in [-0.05, 0) is 0 Å². The van der Waals surface area contributed by atoms with E-state index < -0.39 is 5.92 Å². The van der Waals surface area contributed by atoms with Crippen LogP contribution >= 0.6 is 0 Å². The maximum absolute atomic E-state index is 12.4. The van der Waals surface area contributed by atoms with Crippen molar-refractivity contribution < 1.29 is 13.0 Å². The minimum atomic E-state index is -2.49. The van der Waals surface area contributed by atoms with Gasteiger partial charge in [0, 0.05) is 29.9 Å². The summed E-state index contributed by atoms with van der Waals surface area (Å²) in [5, 5.41) is -0.0698. The van der Waals surface area contributed by atoms with Crippen molar-refractivity contribution in [1.82, 2.24) is 0 Å². The first-order chi connectivity index (χ1) is 4.64. The third-order valence-corrected chi connectivity index (χ3v) is 2.54. The van der Waals surface area contributed by atoms with Gasteiger partial charge >= 0.3 is 11.7 Å². The zero-order valence-electron chi connectivity index (χ0n) is 5.48. The zero-order valence-corrected chi connectivity index (χ0v) is 6.29. The fourth-order valence-corrected chi connectivity index (χ4v) is 1.54. The van der Waals surface area contributed by atoms with E-state index in [0.29, 0.717) is 24.5 Å². The fourth-order valence-electron chi connectivity index (χ4n) is 1.11. The first-order valence-corrected chi connectivity index (χ1v) is 4.11. The second-order valence-electron chi connectivity index (χ2n) is 2.65. The molecule has 0 N–H and O–H groups in total. The highest BCUT2D eigenvalue weighted by Gasteiger charge is 2.39. The normalized spacial score (nSPS) is 26.2. The second kappa shape index (κ2) is 2.86. The minimum absolute atomic E-state index is 0.0698. The highest BCUT2D eigenvalue weighted by molar-refractivity contribution is 7.66. The van der Waals surface area contributed by atoms with Crippen molar-refractivity contribution in [3.05, 3.63) is 0 Å². The standard InChI is InChI=1S/C6H9F2OS/c7-6(8)3-1-5(10-9)2-4-6/h5H,1-4H2/q+1. The third-order valence-electron chi connectivity index (χ3n) is 1.80. The molecule has 0 radical (unpaired) electrons. The Balaban J connectivity index is 2.38. The first-order valence-electron chi connectivity index (χ1n) is 3.30. The van der Waals surface area contributed by atoms with E-state index in [-0.39, 0.29) is 18.1 Å². The Kier molecular flexibility index (Phi) is 2.28. The molecule has 1 aliphatic rings. The highest BCUT2D eigenvalue weighted by Crippen LogP contribution is 2.33. The second-order valence-corrected chi connectivity index (χ2v) is 3.51. The lowest BCUT2D eigenvalue weighted by molar-refractivity contribution is -0.0325. The minimum Gasteiger partial charge on any atom is -0.207 e. The van der Waals surface area contributed by atoms with Gasteiger partial charge in [-0.15, -0.1) is 0 Å². The number of alkyl halides is 2. The van der Waals surface area contributed by atoms with Gasteiger partial charge in [-0.2, -0.15) is 0 Å². The molecule has 0 aromatic rings. The van der Waals surface area contributed by atoms with Crippen LogP contribution in [0.2, 0.25) is 0 Å². The van der Waals surface area contributed by atoms with Crippen LogP contribution in [0.5, 0.6) is 0 Å². The molecule has 0 heterocycles. The van der Waals surface area contributed by atoms with Crippen LogP contribution in [0.15, 0.2) is 0 Å². The van der Waals surface area contributed by atoms with Crippen LogP contribution in [-0.4, -0.2) is 11.2 Å². The Labute approximate surface area is 62.3 Å². The average molecular weight is 167 g/mol. The molecule has 1 nitrogen and oxygen atoms in total. The molecule has 0 atom stereocenters. The van der Waals surface area contributed by atoms with E-state index in [1.807, 2.05) is 0 Å².